The highest BCUT2D eigenvalue weighted by atomic mass is 35.5. The van der Waals surface area contributed by atoms with Gasteiger partial charge in [-0.15, -0.1) is 24.8 Å². The van der Waals surface area contributed by atoms with E-state index in [1.54, 1.807) is 7.11 Å². The molecular formula is C36H47Cl2N5O4. The SMILES string of the molecule is CCOc1nc(C2CC2)nc(OC)c1CN1C[C@@H]2CN(C(=O)C3(C)COC3)CCN2[C@H](C(c2ccccc2)c2ccccc2)C1.Cl.Cl. The van der Waals surface area contributed by atoms with Crippen molar-refractivity contribution < 1.29 is 19.0 Å². The molecular weight excluding hydrogens is 637 g/mol. The van der Waals surface area contributed by atoms with Crippen molar-refractivity contribution in [2.45, 2.75) is 57.2 Å². The Hall–Kier alpha value is -2.95. The van der Waals surface area contributed by atoms with Crippen molar-refractivity contribution in [2.24, 2.45) is 5.41 Å². The molecule has 2 atom stereocenters. The van der Waals surface area contributed by atoms with Crippen LogP contribution in [-0.2, 0) is 16.1 Å². The number of ether oxygens (including phenoxy) is 3. The van der Waals surface area contributed by atoms with E-state index in [-0.39, 0.29) is 48.7 Å². The predicted molar refractivity (Wildman–Crippen MR) is 186 cm³/mol. The van der Waals surface area contributed by atoms with Crippen LogP contribution in [0.15, 0.2) is 60.7 Å². The number of benzene rings is 2. The van der Waals surface area contributed by atoms with Crippen LogP contribution in [0.1, 0.15) is 61.0 Å². The molecule has 3 aromatic rings. The number of carbonyl (C=O) groups excluding carboxylic acids is 1. The maximum absolute atomic E-state index is 13.7. The van der Waals surface area contributed by atoms with Crippen molar-refractivity contribution in [3.05, 3.63) is 83.2 Å². The quantitative estimate of drug-likeness (QED) is 0.290. The van der Waals surface area contributed by atoms with Crippen LogP contribution in [0.4, 0.5) is 0 Å². The van der Waals surface area contributed by atoms with Gasteiger partial charge in [-0.3, -0.25) is 14.6 Å². The molecule has 7 rings (SSSR count). The van der Waals surface area contributed by atoms with E-state index in [4.69, 9.17) is 24.2 Å². The van der Waals surface area contributed by atoms with Gasteiger partial charge in [-0.1, -0.05) is 60.7 Å². The summed E-state index contributed by atoms with van der Waals surface area (Å²) in [5.74, 6) is 2.84. The van der Waals surface area contributed by atoms with Crippen LogP contribution in [0.2, 0.25) is 0 Å². The van der Waals surface area contributed by atoms with Crippen LogP contribution >= 0.6 is 24.8 Å². The van der Waals surface area contributed by atoms with Gasteiger partial charge in [0.05, 0.1) is 37.9 Å². The Morgan fingerprint density at radius 3 is 2.13 bits per heavy atom. The van der Waals surface area contributed by atoms with Gasteiger partial charge in [-0.2, -0.15) is 9.97 Å². The minimum Gasteiger partial charge on any atom is -0.481 e. The molecule has 1 amide bonds. The van der Waals surface area contributed by atoms with E-state index in [9.17, 15) is 4.79 Å². The molecule has 4 fully saturated rings. The van der Waals surface area contributed by atoms with E-state index in [1.807, 2.05) is 13.8 Å². The summed E-state index contributed by atoms with van der Waals surface area (Å²) in [5.41, 5.74) is 3.09. The number of amides is 1. The highest BCUT2D eigenvalue weighted by molar-refractivity contribution is 5.85. The van der Waals surface area contributed by atoms with Gasteiger partial charge in [0.1, 0.15) is 5.82 Å². The predicted octanol–water partition coefficient (Wildman–Crippen LogP) is 5.17. The van der Waals surface area contributed by atoms with Crippen molar-refractivity contribution in [3.63, 3.8) is 0 Å². The van der Waals surface area contributed by atoms with Crippen molar-refractivity contribution in [1.29, 1.82) is 0 Å². The number of carbonyl (C=O) groups is 1. The smallest absolute Gasteiger partial charge is 0.233 e. The summed E-state index contributed by atoms with van der Waals surface area (Å²) < 4.78 is 17.5. The van der Waals surface area contributed by atoms with Gasteiger partial charge >= 0.3 is 0 Å². The standard InChI is InChI=1S/C36H45N5O4.2ClH/c1-4-45-34-29(33(43-3)37-32(38-34)27-15-16-27)21-39-19-28-20-40(35(42)36(2)23-44-24-36)17-18-41(28)30(22-39)31(25-11-7-5-8-12-25)26-13-9-6-10-14-26;;/h5-14,27-28,30-31H,4,15-24H2,1-3H3;2*1H/t28-,30+;;/m1../s1. The van der Waals surface area contributed by atoms with Crippen molar-refractivity contribution in [3.8, 4) is 11.8 Å². The zero-order valence-corrected chi connectivity index (χ0v) is 29.2. The summed E-state index contributed by atoms with van der Waals surface area (Å²) in [6.45, 7) is 10.1. The Bertz CT molecular complexity index is 1450. The van der Waals surface area contributed by atoms with Crippen molar-refractivity contribution in [1.82, 2.24) is 24.7 Å². The Labute approximate surface area is 290 Å². The fraction of sp³-hybridized carbons (Fsp3) is 0.528. The highest BCUT2D eigenvalue weighted by Gasteiger charge is 2.48. The molecule has 0 radical (unpaired) electrons. The van der Waals surface area contributed by atoms with Gasteiger partial charge in [-0.25, -0.2) is 0 Å². The highest BCUT2D eigenvalue weighted by Crippen LogP contribution is 2.42. The lowest BCUT2D eigenvalue weighted by Crippen LogP contribution is -2.68. The lowest BCUT2D eigenvalue weighted by Gasteiger charge is -2.54. The Balaban J connectivity index is 0.00000217. The second kappa shape index (κ2) is 15.1. The van der Waals surface area contributed by atoms with Crippen LogP contribution < -0.4 is 9.47 Å². The zero-order valence-electron chi connectivity index (χ0n) is 27.5. The molecule has 0 unspecified atom stereocenters. The number of hydrogen-bond acceptors (Lipinski definition) is 8. The van der Waals surface area contributed by atoms with Gasteiger partial charge in [0.15, 0.2) is 0 Å². The summed E-state index contributed by atoms with van der Waals surface area (Å²) in [4.78, 5) is 30.7. The van der Waals surface area contributed by atoms with Crippen molar-refractivity contribution >= 4 is 30.7 Å². The fourth-order valence-corrected chi connectivity index (χ4v) is 7.46. The van der Waals surface area contributed by atoms with Gasteiger partial charge in [0.2, 0.25) is 17.7 Å². The minimum atomic E-state index is -0.410. The number of halogens is 2. The maximum Gasteiger partial charge on any atom is 0.233 e. The summed E-state index contributed by atoms with van der Waals surface area (Å²) in [6.07, 6.45) is 2.22. The molecule has 254 valence electrons. The number of piperazine rings is 2. The van der Waals surface area contributed by atoms with Crippen molar-refractivity contribution in [2.75, 3.05) is 59.7 Å². The molecule has 4 heterocycles. The third kappa shape index (κ3) is 7.25. The second-order valence-corrected chi connectivity index (χ2v) is 13.3. The molecule has 9 nitrogen and oxygen atoms in total. The topological polar surface area (TPSA) is 80.3 Å². The first-order valence-corrected chi connectivity index (χ1v) is 16.5. The minimum absolute atomic E-state index is 0. The third-order valence-electron chi connectivity index (χ3n) is 9.96. The summed E-state index contributed by atoms with van der Waals surface area (Å²) >= 11 is 0. The number of rotatable bonds is 10. The van der Waals surface area contributed by atoms with E-state index >= 15 is 0 Å². The first-order chi connectivity index (χ1) is 22.0. The van der Waals surface area contributed by atoms with E-state index in [1.165, 1.54) is 11.1 Å². The number of aromatic nitrogens is 2. The summed E-state index contributed by atoms with van der Waals surface area (Å²) in [6, 6.07) is 22.1. The molecule has 1 aromatic heterocycles. The van der Waals surface area contributed by atoms with E-state index in [0.717, 1.165) is 50.4 Å². The molecule has 4 aliphatic rings. The van der Waals surface area contributed by atoms with Gasteiger partial charge in [0, 0.05) is 63.2 Å². The van der Waals surface area contributed by atoms with Crippen LogP contribution in [0.5, 0.6) is 11.8 Å². The number of hydrogen-bond donors (Lipinski definition) is 0. The molecule has 3 saturated heterocycles. The summed E-state index contributed by atoms with van der Waals surface area (Å²) in [5, 5.41) is 0. The Morgan fingerprint density at radius 1 is 0.936 bits per heavy atom. The Morgan fingerprint density at radius 2 is 1.57 bits per heavy atom. The lowest BCUT2D eigenvalue weighted by molar-refractivity contribution is -0.173. The molecule has 0 N–H and O–H groups in total. The Kier molecular flexibility index (Phi) is 11.3. The van der Waals surface area contributed by atoms with Crippen LogP contribution in [0, 0.1) is 5.41 Å². The number of nitrogens with zero attached hydrogens (tertiary/aromatic N) is 5. The molecule has 3 aliphatic heterocycles. The third-order valence-corrected chi connectivity index (χ3v) is 9.96. The normalized spacial score (nSPS) is 22.3. The molecule has 11 heteroatoms. The zero-order chi connectivity index (χ0) is 31.0. The van der Waals surface area contributed by atoms with E-state index in [2.05, 4.69) is 75.4 Å². The van der Waals surface area contributed by atoms with E-state index < -0.39 is 5.41 Å². The van der Waals surface area contributed by atoms with Gasteiger partial charge < -0.3 is 19.1 Å². The van der Waals surface area contributed by atoms with Crippen LogP contribution in [0.25, 0.3) is 0 Å². The van der Waals surface area contributed by atoms with Crippen LogP contribution in [0.3, 0.4) is 0 Å². The molecule has 0 spiro atoms. The maximum atomic E-state index is 13.7. The summed E-state index contributed by atoms with van der Waals surface area (Å²) in [7, 11) is 1.69. The largest absolute Gasteiger partial charge is 0.481 e. The first-order valence-electron chi connectivity index (χ1n) is 16.5. The molecule has 2 aromatic carbocycles. The number of fused-ring (bicyclic) bond motifs is 1. The number of methoxy groups -OCH3 is 1. The average Bonchev–Trinajstić information content (AvgIpc) is 3.91. The molecule has 1 saturated carbocycles. The van der Waals surface area contributed by atoms with Gasteiger partial charge in [0.25, 0.3) is 0 Å². The lowest BCUT2D eigenvalue weighted by atomic mass is 9.81. The average molecular weight is 685 g/mol. The van der Waals surface area contributed by atoms with E-state index in [0.29, 0.717) is 50.6 Å². The second-order valence-electron chi connectivity index (χ2n) is 13.3. The monoisotopic (exact) mass is 683 g/mol. The molecule has 1 aliphatic carbocycles. The van der Waals surface area contributed by atoms with Crippen LogP contribution in [-0.4, -0.2) is 102 Å². The molecule has 0 bridgehead atoms. The fourth-order valence-electron chi connectivity index (χ4n) is 7.46. The first kappa shape index (κ1) is 35.4. The van der Waals surface area contributed by atoms with Gasteiger partial charge in [-0.05, 0) is 37.8 Å². The molecule has 47 heavy (non-hydrogen) atoms.